The van der Waals surface area contributed by atoms with E-state index in [1.165, 1.54) is 23.8 Å². The SMILES string of the molecule is ClC1CCC(CNCc2ccnc3ccccc23)C1. The summed E-state index contributed by atoms with van der Waals surface area (Å²) < 4.78 is 0. The zero-order valence-electron chi connectivity index (χ0n) is 11.0. The molecule has 19 heavy (non-hydrogen) atoms. The second kappa shape index (κ2) is 5.89. The van der Waals surface area contributed by atoms with Gasteiger partial charge in [-0.1, -0.05) is 18.2 Å². The number of hydrogen-bond donors (Lipinski definition) is 1. The van der Waals surface area contributed by atoms with Crippen molar-refractivity contribution < 1.29 is 0 Å². The Morgan fingerprint density at radius 2 is 2.11 bits per heavy atom. The largest absolute Gasteiger partial charge is 0.312 e. The number of nitrogens with one attached hydrogen (secondary N) is 1. The number of hydrogen-bond acceptors (Lipinski definition) is 2. The Kier molecular flexibility index (Phi) is 4.00. The van der Waals surface area contributed by atoms with Gasteiger partial charge >= 0.3 is 0 Å². The van der Waals surface area contributed by atoms with Crippen molar-refractivity contribution in [2.75, 3.05) is 6.54 Å². The highest BCUT2D eigenvalue weighted by Crippen LogP contribution is 2.28. The molecule has 0 spiro atoms. The highest BCUT2D eigenvalue weighted by molar-refractivity contribution is 6.20. The van der Waals surface area contributed by atoms with E-state index < -0.39 is 0 Å². The molecule has 2 atom stereocenters. The van der Waals surface area contributed by atoms with E-state index in [1.54, 1.807) is 0 Å². The average molecular weight is 275 g/mol. The molecule has 1 aliphatic carbocycles. The van der Waals surface area contributed by atoms with Gasteiger partial charge in [-0.2, -0.15) is 0 Å². The molecule has 0 bridgehead atoms. The summed E-state index contributed by atoms with van der Waals surface area (Å²) in [5.74, 6) is 0.746. The normalized spacial score (nSPS) is 23.0. The summed E-state index contributed by atoms with van der Waals surface area (Å²) in [5.41, 5.74) is 2.40. The number of aromatic nitrogens is 1. The van der Waals surface area contributed by atoms with E-state index in [9.17, 15) is 0 Å². The van der Waals surface area contributed by atoms with Gasteiger partial charge in [0.05, 0.1) is 5.52 Å². The van der Waals surface area contributed by atoms with Crippen molar-refractivity contribution in [3.05, 3.63) is 42.1 Å². The maximum Gasteiger partial charge on any atom is 0.0705 e. The van der Waals surface area contributed by atoms with Crippen LogP contribution in [0.1, 0.15) is 24.8 Å². The van der Waals surface area contributed by atoms with Gasteiger partial charge in [0.1, 0.15) is 0 Å². The minimum atomic E-state index is 0.397. The third-order valence-corrected chi connectivity index (χ3v) is 4.36. The van der Waals surface area contributed by atoms with E-state index in [0.717, 1.165) is 30.9 Å². The molecule has 2 aromatic rings. The number of halogens is 1. The van der Waals surface area contributed by atoms with E-state index in [0.29, 0.717) is 5.38 Å². The summed E-state index contributed by atoms with van der Waals surface area (Å²) in [6.45, 7) is 1.98. The highest BCUT2D eigenvalue weighted by atomic mass is 35.5. The third kappa shape index (κ3) is 3.07. The lowest BCUT2D eigenvalue weighted by atomic mass is 10.1. The van der Waals surface area contributed by atoms with Crippen LogP contribution < -0.4 is 5.32 Å². The van der Waals surface area contributed by atoms with E-state index in [1.807, 2.05) is 12.3 Å². The average Bonchev–Trinajstić information content (AvgIpc) is 2.85. The topological polar surface area (TPSA) is 24.9 Å². The van der Waals surface area contributed by atoms with Crippen LogP contribution in [0.25, 0.3) is 10.9 Å². The molecule has 3 rings (SSSR count). The van der Waals surface area contributed by atoms with E-state index >= 15 is 0 Å². The molecule has 1 fully saturated rings. The third-order valence-electron chi connectivity index (χ3n) is 3.97. The lowest BCUT2D eigenvalue weighted by Crippen LogP contribution is -2.21. The van der Waals surface area contributed by atoms with Crippen molar-refractivity contribution in [1.29, 1.82) is 0 Å². The molecule has 1 aromatic carbocycles. The van der Waals surface area contributed by atoms with Crippen molar-refractivity contribution >= 4 is 22.5 Å². The smallest absolute Gasteiger partial charge is 0.0705 e. The quantitative estimate of drug-likeness (QED) is 0.860. The fourth-order valence-corrected chi connectivity index (χ4v) is 3.30. The molecule has 2 nitrogen and oxygen atoms in total. The van der Waals surface area contributed by atoms with E-state index in [2.05, 4.69) is 34.6 Å². The molecule has 1 aliphatic rings. The van der Waals surface area contributed by atoms with Crippen LogP contribution in [-0.4, -0.2) is 16.9 Å². The highest BCUT2D eigenvalue weighted by Gasteiger charge is 2.22. The first kappa shape index (κ1) is 12.9. The number of para-hydroxylation sites is 1. The summed E-state index contributed by atoms with van der Waals surface area (Å²) >= 11 is 6.14. The molecule has 0 amide bonds. The summed E-state index contributed by atoms with van der Waals surface area (Å²) in [6.07, 6.45) is 5.49. The van der Waals surface area contributed by atoms with Crippen LogP contribution in [0.5, 0.6) is 0 Å². The van der Waals surface area contributed by atoms with E-state index in [4.69, 9.17) is 11.6 Å². The summed E-state index contributed by atoms with van der Waals surface area (Å²) in [6, 6.07) is 10.4. The lowest BCUT2D eigenvalue weighted by Gasteiger charge is -2.12. The molecule has 1 N–H and O–H groups in total. The van der Waals surface area contributed by atoms with Gasteiger partial charge in [-0.05, 0) is 49.4 Å². The van der Waals surface area contributed by atoms with Crippen molar-refractivity contribution in [1.82, 2.24) is 10.3 Å². The minimum Gasteiger partial charge on any atom is -0.312 e. The van der Waals surface area contributed by atoms with E-state index in [-0.39, 0.29) is 0 Å². The molecule has 0 saturated heterocycles. The molecular formula is C16H19ClN2. The van der Waals surface area contributed by atoms with Crippen molar-refractivity contribution in [2.24, 2.45) is 5.92 Å². The molecule has 0 radical (unpaired) electrons. The van der Waals surface area contributed by atoms with Gasteiger partial charge in [0.15, 0.2) is 0 Å². The first-order valence-electron chi connectivity index (χ1n) is 7.00. The van der Waals surface area contributed by atoms with Crippen LogP contribution in [-0.2, 0) is 6.54 Å². The van der Waals surface area contributed by atoms with Crippen LogP contribution in [0.15, 0.2) is 36.5 Å². The Morgan fingerprint density at radius 3 is 2.95 bits per heavy atom. The monoisotopic (exact) mass is 274 g/mol. The minimum absolute atomic E-state index is 0.397. The number of pyridine rings is 1. The van der Waals surface area contributed by atoms with Gasteiger partial charge in [-0.3, -0.25) is 4.98 Å². The summed E-state index contributed by atoms with van der Waals surface area (Å²) in [7, 11) is 0. The maximum atomic E-state index is 6.14. The fourth-order valence-electron chi connectivity index (χ4n) is 2.92. The molecule has 0 aliphatic heterocycles. The molecule has 100 valence electrons. The Bertz CT molecular complexity index is 550. The Labute approximate surface area is 119 Å². The number of rotatable bonds is 4. The molecular weight excluding hydrogens is 256 g/mol. The number of fused-ring (bicyclic) bond motifs is 1. The van der Waals surface area contributed by atoms with Crippen LogP contribution in [0.2, 0.25) is 0 Å². The lowest BCUT2D eigenvalue weighted by molar-refractivity contribution is 0.490. The predicted molar refractivity (Wildman–Crippen MR) is 80.4 cm³/mol. The first-order chi connectivity index (χ1) is 9.33. The Morgan fingerprint density at radius 1 is 1.21 bits per heavy atom. The second-order valence-electron chi connectivity index (χ2n) is 5.39. The van der Waals surface area contributed by atoms with Crippen LogP contribution in [0, 0.1) is 5.92 Å². The molecule has 2 unspecified atom stereocenters. The molecule has 1 saturated carbocycles. The standard InChI is InChI=1S/C16H19ClN2/c17-14-6-5-12(9-14)10-18-11-13-7-8-19-16-4-2-1-3-15(13)16/h1-4,7-8,12,14,18H,5-6,9-11H2. The van der Waals surface area contributed by atoms with Crippen LogP contribution in [0.4, 0.5) is 0 Å². The first-order valence-corrected chi connectivity index (χ1v) is 7.44. The summed E-state index contributed by atoms with van der Waals surface area (Å²) in [5, 5.41) is 5.22. The maximum absolute atomic E-state index is 6.14. The Hall–Kier alpha value is -1.12. The fraction of sp³-hybridized carbons (Fsp3) is 0.438. The van der Waals surface area contributed by atoms with Gasteiger partial charge in [-0.15, -0.1) is 11.6 Å². The number of alkyl halides is 1. The zero-order chi connectivity index (χ0) is 13.1. The van der Waals surface area contributed by atoms with Crippen LogP contribution >= 0.6 is 11.6 Å². The van der Waals surface area contributed by atoms with Crippen molar-refractivity contribution in [3.8, 4) is 0 Å². The number of benzene rings is 1. The zero-order valence-corrected chi connectivity index (χ0v) is 11.7. The Balaban J connectivity index is 1.62. The molecule has 1 heterocycles. The van der Waals surface area contributed by atoms with Gasteiger partial charge < -0.3 is 5.32 Å². The van der Waals surface area contributed by atoms with Crippen molar-refractivity contribution in [2.45, 2.75) is 31.2 Å². The number of nitrogens with zero attached hydrogens (tertiary/aromatic N) is 1. The van der Waals surface area contributed by atoms with Crippen molar-refractivity contribution in [3.63, 3.8) is 0 Å². The van der Waals surface area contributed by atoms with Gasteiger partial charge in [0, 0.05) is 23.5 Å². The van der Waals surface area contributed by atoms with Gasteiger partial charge in [0.25, 0.3) is 0 Å². The second-order valence-corrected chi connectivity index (χ2v) is 6.01. The van der Waals surface area contributed by atoms with Gasteiger partial charge in [-0.25, -0.2) is 0 Å². The molecule has 3 heteroatoms. The molecule has 1 aromatic heterocycles. The predicted octanol–water partition coefficient (Wildman–Crippen LogP) is 3.73. The van der Waals surface area contributed by atoms with Gasteiger partial charge in [0.2, 0.25) is 0 Å². The summed E-state index contributed by atoms with van der Waals surface area (Å²) in [4.78, 5) is 4.39. The van der Waals surface area contributed by atoms with Crippen LogP contribution in [0.3, 0.4) is 0 Å².